The first-order chi connectivity index (χ1) is 19.6. The van der Waals surface area contributed by atoms with Crippen molar-refractivity contribution < 1.29 is 5.11 Å². The van der Waals surface area contributed by atoms with Crippen LogP contribution in [-0.2, 0) is 5.41 Å². The molecule has 0 fully saturated rings. The molecule has 4 aromatic carbocycles. The highest BCUT2D eigenvalue weighted by Crippen LogP contribution is 2.40. The Bertz CT molecular complexity index is 1890. The number of phenols is 1. The number of hydrogen-bond acceptors (Lipinski definition) is 3. The number of imidazole rings is 1. The smallest absolute Gasteiger partial charge is 0.149 e. The van der Waals surface area contributed by atoms with E-state index in [2.05, 4.69) is 106 Å². The van der Waals surface area contributed by atoms with Crippen molar-refractivity contribution in [3.63, 3.8) is 0 Å². The summed E-state index contributed by atoms with van der Waals surface area (Å²) in [4.78, 5) is 9.94. The zero-order valence-electron chi connectivity index (χ0n) is 24.5. The van der Waals surface area contributed by atoms with Gasteiger partial charge < -0.3 is 5.11 Å². The van der Waals surface area contributed by atoms with Gasteiger partial charge >= 0.3 is 0 Å². The van der Waals surface area contributed by atoms with Gasteiger partial charge in [0.1, 0.15) is 11.6 Å². The fourth-order valence-corrected chi connectivity index (χ4v) is 5.82. The highest BCUT2D eigenvalue weighted by Gasteiger charge is 2.23. The fourth-order valence-electron chi connectivity index (χ4n) is 5.82. The SMILES string of the molecule is Cc1cc(C)c(-n2c(-c3ccccc3O)nc3c(-c4cc(-c5ccccn5)cc(C(C)(C)C)c4)cccc32)c(C)c1. The summed E-state index contributed by atoms with van der Waals surface area (Å²) in [6, 6.07) is 31.0. The molecule has 1 N–H and O–H groups in total. The van der Waals surface area contributed by atoms with E-state index in [0.717, 1.165) is 56.1 Å². The van der Waals surface area contributed by atoms with E-state index < -0.39 is 0 Å². The summed E-state index contributed by atoms with van der Waals surface area (Å²) in [6.45, 7) is 13.1. The third-order valence-corrected chi connectivity index (χ3v) is 7.76. The van der Waals surface area contributed by atoms with E-state index in [9.17, 15) is 5.11 Å². The second-order valence-electron chi connectivity index (χ2n) is 12.0. The Labute approximate surface area is 242 Å². The Kier molecular flexibility index (Phi) is 6.50. The first-order valence-electron chi connectivity index (χ1n) is 14.1. The molecule has 4 nitrogen and oxygen atoms in total. The summed E-state index contributed by atoms with van der Waals surface area (Å²) in [7, 11) is 0. The predicted molar refractivity (Wildman–Crippen MR) is 170 cm³/mol. The Morgan fingerprint density at radius 2 is 1.39 bits per heavy atom. The van der Waals surface area contributed by atoms with E-state index >= 15 is 0 Å². The van der Waals surface area contributed by atoms with Gasteiger partial charge in [-0.05, 0) is 90.9 Å². The Hall–Kier alpha value is -4.70. The van der Waals surface area contributed by atoms with Crippen LogP contribution in [0.1, 0.15) is 43.0 Å². The van der Waals surface area contributed by atoms with Crippen LogP contribution >= 0.6 is 0 Å². The molecule has 0 unspecified atom stereocenters. The van der Waals surface area contributed by atoms with E-state index in [-0.39, 0.29) is 11.2 Å². The summed E-state index contributed by atoms with van der Waals surface area (Å²) >= 11 is 0. The molecule has 0 bridgehead atoms. The number of fused-ring (bicyclic) bond motifs is 1. The van der Waals surface area contributed by atoms with Crippen LogP contribution in [-0.4, -0.2) is 19.6 Å². The second kappa shape index (κ2) is 10.0. The van der Waals surface area contributed by atoms with Crippen LogP contribution in [0.3, 0.4) is 0 Å². The van der Waals surface area contributed by atoms with Crippen molar-refractivity contribution in [3.8, 4) is 45.2 Å². The zero-order valence-corrected chi connectivity index (χ0v) is 24.5. The van der Waals surface area contributed by atoms with Gasteiger partial charge in [0.25, 0.3) is 0 Å². The lowest BCUT2D eigenvalue weighted by Crippen LogP contribution is -2.11. The number of rotatable bonds is 4. The van der Waals surface area contributed by atoms with E-state index in [1.165, 1.54) is 11.1 Å². The van der Waals surface area contributed by atoms with Gasteiger partial charge in [0, 0.05) is 17.3 Å². The molecule has 0 aliphatic carbocycles. The highest BCUT2D eigenvalue weighted by molar-refractivity contribution is 5.97. The van der Waals surface area contributed by atoms with Gasteiger partial charge in [-0.15, -0.1) is 0 Å². The molecular formula is C37H35N3O. The van der Waals surface area contributed by atoms with Crippen molar-refractivity contribution in [2.24, 2.45) is 0 Å². The van der Waals surface area contributed by atoms with Crippen LogP contribution in [0.2, 0.25) is 0 Å². The summed E-state index contributed by atoms with van der Waals surface area (Å²) in [5.41, 5.74) is 12.6. The minimum Gasteiger partial charge on any atom is -0.507 e. The number of pyridine rings is 1. The first kappa shape index (κ1) is 26.5. The Morgan fingerprint density at radius 3 is 2.07 bits per heavy atom. The third kappa shape index (κ3) is 4.80. The summed E-state index contributed by atoms with van der Waals surface area (Å²) in [5, 5.41) is 11.0. The topological polar surface area (TPSA) is 50.9 Å². The second-order valence-corrected chi connectivity index (χ2v) is 12.0. The monoisotopic (exact) mass is 537 g/mol. The van der Waals surface area contributed by atoms with Crippen molar-refractivity contribution >= 4 is 11.0 Å². The summed E-state index contributed by atoms with van der Waals surface area (Å²) < 4.78 is 2.21. The predicted octanol–water partition coefficient (Wildman–Crippen LogP) is 9.35. The zero-order chi connectivity index (χ0) is 28.9. The molecule has 6 aromatic rings. The number of aryl methyl sites for hydroxylation is 3. The van der Waals surface area contributed by atoms with Crippen LogP contribution in [0.15, 0.2) is 97.2 Å². The van der Waals surface area contributed by atoms with Crippen molar-refractivity contribution in [3.05, 3.63) is 119 Å². The molecule has 2 heterocycles. The Morgan fingerprint density at radius 1 is 0.707 bits per heavy atom. The maximum absolute atomic E-state index is 11.0. The lowest BCUT2D eigenvalue weighted by atomic mass is 9.83. The minimum absolute atomic E-state index is 0.0517. The molecule has 0 saturated heterocycles. The van der Waals surface area contributed by atoms with Crippen molar-refractivity contribution in [1.82, 2.24) is 14.5 Å². The minimum atomic E-state index is -0.0517. The van der Waals surface area contributed by atoms with Crippen LogP contribution in [0.25, 0.3) is 50.5 Å². The fraction of sp³-hybridized carbons (Fsp3) is 0.189. The average Bonchev–Trinajstić information content (AvgIpc) is 3.31. The molecule has 4 heteroatoms. The number of aromatic nitrogens is 3. The lowest BCUT2D eigenvalue weighted by Gasteiger charge is -2.21. The normalized spacial score (nSPS) is 11.8. The van der Waals surface area contributed by atoms with Crippen molar-refractivity contribution in [1.29, 1.82) is 0 Å². The first-order valence-corrected chi connectivity index (χ1v) is 14.1. The van der Waals surface area contributed by atoms with Crippen LogP contribution in [0.4, 0.5) is 0 Å². The van der Waals surface area contributed by atoms with Gasteiger partial charge in [0.05, 0.1) is 28.0 Å². The van der Waals surface area contributed by atoms with Crippen molar-refractivity contribution in [2.45, 2.75) is 47.0 Å². The number of nitrogens with zero attached hydrogens (tertiary/aromatic N) is 3. The van der Waals surface area contributed by atoms with Gasteiger partial charge in [-0.1, -0.05) is 74.9 Å². The van der Waals surface area contributed by atoms with E-state index in [0.29, 0.717) is 5.56 Å². The molecule has 0 aliphatic rings. The lowest BCUT2D eigenvalue weighted by molar-refractivity contribution is 0.477. The Balaban J connectivity index is 1.69. The van der Waals surface area contributed by atoms with Crippen molar-refractivity contribution in [2.75, 3.05) is 0 Å². The molecule has 41 heavy (non-hydrogen) atoms. The number of benzene rings is 4. The standard InChI is InChI=1S/C37H35N3O/c1-23-18-24(2)35(25(3)19-23)40-32-15-11-13-29(34(32)39-36(40)30-12-7-8-16-33(30)41)26-20-27(31-14-9-10-17-38-31)22-28(21-26)37(4,5)6/h7-22,41H,1-6H3. The van der Waals surface area contributed by atoms with Gasteiger partial charge in [0.15, 0.2) is 0 Å². The molecule has 0 aliphatic heterocycles. The molecule has 0 amide bonds. The van der Waals surface area contributed by atoms with Gasteiger partial charge in [0.2, 0.25) is 0 Å². The van der Waals surface area contributed by atoms with Crippen LogP contribution in [0, 0.1) is 20.8 Å². The van der Waals surface area contributed by atoms with Crippen LogP contribution < -0.4 is 0 Å². The molecule has 0 saturated carbocycles. The maximum atomic E-state index is 11.0. The third-order valence-electron chi connectivity index (χ3n) is 7.76. The molecule has 0 atom stereocenters. The molecule has 204 valence electrons. The van der Waals surface area contributed by atoms with Gasteiger partial charge in [-0.2, -0.15) is 0 Å². The molecule has 6 rings (SSSR count). The maximum Gasteiger partial charge on any atom is 0.149 e. The van der Waals surface area contributed by atoms with Gasteiger partial charge in [-0.25, -0.2) is 4.98 Å². The van der Waals surface area contributed by atoms with E-state index in [1.54, 1.807) is 6.07 Å². The molecular weight excluding hydrogens is 502 g/mol. The summed E-state index contributed by atoms with van der Waals surface area (Å²) in [6.07, 6.45) is 1.84. The van der Waals surface area contributed by atoms with Crippen LogP contribution in [0.5, 0.6) is 5.75 Å². The molecule has 0 radical (unpaired) electrons. The quantitative estimate of drug-likeness (QED) is 0.244. The number of aromatic hydroxyl groups is 1. The van der Waals surface area contributed by atoms with E-state index in [1.807, 2.05) is 36.5 Å². The number of para-hydroxylation sites is 2. The number of hydrogen-bond donors (Lipinski definition) is 1. The number of phenolic OH excluding ortho intramolecular Hbond substituents is 1. The molecule has 2 aromatic heterocycles. The van der Waals surface area contributed by atoms with E-state index in [4.69, 9.17) is 4.98 Å². The highest BCUT2D eigenvalue weighted by atomic mass is 16.3. The average molecular weight is 538 g/mol. The largest absolute Gasteiger partial charge is 0.507 e. The molecule has 0 spiro atoms. The summed E-state index contributed by atoms with van der Waals surface area (Å²) in [5.74, 6) is 0.928. The van der Waals surface area contributed by atoms with Gasteiger partial charge in [-0.3, -0.25) is 9.55 Å².